The van der Waals surface area contributed by atoms with Crippen LogP contribution in [0.1, 0.15) is 84.8 Å². The third-order valence-electron chi connectivity index (χ3n) is 10.6. The summed E-state index contributed by atoms with van der Waals surface area (Å²) in [6.07, 6.45) is 5.02. The van der Waals surface area contributed by atoms with Crippen LogP contribution in [0.5, 0.6) is 11.5 Å². The third kappa shape index (κ3) is 3.38. The molecule has 6 heteroatoms. The summed E-state index contributed by atoms with van der Waals surface area (Å²) >= 11 is 0. The molecule has 2 aliphatic carbocycles. The van der Waals surface area contributed by atoms with E-state index in [4.69, 9.17) is 14.2 Å². The van der Waals surface area contributed by atoms with Crippen molar-refractivity contribution in [2.75, 3.05) is 0 Å². The third-order valence-corrected chi connectivity index (χ3v) is 10.6. The Hall–Kier alpha value is -2.08. The minimum atomic E-state index is -0.650. The SMILES string of the molecule is CC(=O)Oc1cc(C)c(O)c(C[C@]2(C)[C@H]3CC[C@@]45O[C@@H](CC4[C@]3(C)CC[C@@H]2C)C(=O)OC5(C)C)c1. The number of phenols is 1. The number of aryl methyl sites for hydroxylation is 1. The Morgan fingerprint density at radius 2 is 1.86 bits per heavy atom. The van der Waals surface area contributed by atoms with Crippen molar-refractivity contribution in [1.82, 2.24) is 0 Å². The Labute approximate surface area is 208 Å². The number of esters is 2. The van der Waals surface area contributed by atoms with Gasteiger partial charge in [0.1, 0.15) is 22.7 Å². The maximum atomic E-state index is 12.7. The van der Waals surface area contributed by atoms with Gasteiger partial charge in [-0.15, -0.1) is 0 Å². The molecule has 35 heavy (non-hydrogen) atoms. The van der Waals surface area contributed by atoms with E-state index in [2.05, 4.69) is 20.8 Å². The molecule has 1 unspecified atom stereocenters. The lowest BCUT2D eigenvalue weighted by Gasteiger charge is -2.65. The molecule has 7 atom stereocenters. The first kappa shape index (κ1) is 24.6. The molecule has 2 saturated heterocycles. The first-order chi connectivity index (χ1) is 16.2. The maximum Gasteiger partial charge on any atom is 0.335 e. The molecule has 1 aromatic rings. The summed E-state index contributed by atoms with van der Waals surface area (Å²) < 4.78 is 17.9. The van der Waals surface area contributed by atoms with Gasteiger partial charge in [0.15, 0.2) is 6.10 Å². The zero-order valence-electron chi connectivity index (χ0n) is 22.2. The number of hydrogen-bond donors (Lipinski definition) is 1. The quantitative estimate of drug-likeness (QED) is 0.451. The zero-order valence-corrected chi connectivity index (χ0v) is 22.2. The summed E-state index contributed by atoms with van der Waals surface area (Å²) in [5.74, 6) is 1.29. The Morgan fingerprint density at radius 3 is 2.54 bits per heavy atom. The first-order valence-corrected chi connectivity index (χ1v) is 13.1. The molecule has 2 heterocycles. The molecule has 0 aromatic heterocycles. The molecule has 4 fully saturated rings. The number of aromatic hydroxyl groups is 1. The van der Waals surface area contributed by atoms with Crippen LogP contribution in [0.4, 0.5) is 0 Å². The van der Waals surface area contributed by atoms with Crippen molar-refractivity contribution < 1.29 is 28.9 Å². The van der Waals surface area contributed by atoms with Gasteiger partial charge in [0.05, 0.1) is 0 Å². The lowest BCUT2D eigenvalue weighted by molar-refractivity contribution is -0.273. The molecule has 1 N–H and O–H groups in total. The van der Waals surface area contributed by atoms with Crippen molar-refractivity contribution in [3.8, 4) is 11.5 Å². The van der Waals surface area contributed by atoms with Crippen LogP contribution in [-0.4, -0.2) is 34.4 Å². The molecular weight excluding hydrogens is 444 g/mol. The number of carbonyl (C=O) groups is 2. The monoisotopic (exact) mass is 484 g/mol. The first-order valence-electron chi connectivity index (χ1n) is 13.1. The molecule has 1 aromatic carbocycles. The molecule has 1 spiro atoms. The van der Waals surface area contributed by atoms with Crippen molar-refractivity contribution in [3.05, 3.63) is 23.3 Å². The fourth-order valence-electron chi connectivity index (χ4n) is 8.68. The van der Waals surface area contributed by atoms with E-state index in [1.807, 2.05) is 26.8 Å². The van der Waals surface area contributed by atoms with Crippen molar-refractivity contribution in [2.24, 2.45) is 28.6 Å². The molecular formula is C29H40O6. The molecule has 0 radical (unpaired) electrons. The van der Waals surface area contributed by atoms with Crippen LogP contribution in [0.25, 0.3) is 0 Å². The average molecular weight is 485 g/mol. The molecule has 2 aliphatic heterocycles. The van der Waals surface area contributed by atoms with Gasteiger partial charge in [-0.2, -0.15) is 0 Å². The van der Waals surface area contributed by atoms with Gasteiger partial charge < -0.3 is 19.3 Å². The molecule has 4 aliphatic rings. The molecule has 192 valence electrons. The fraction of sp³-hybridized carbons (Fsp3) is 0.724. The predicted octanol–water partition coefficient (Wildman–Crippen LogP) is 5.50. The topological polar surface area (TPSA) is 82.1 Å². The van der Waals surface area contributed by atoms with E-state index in [1.54, 1.807) is 6.07 Å². The van der Waals surface area contributed by atoms with Crippen molar-refractivity contribution in [2.45, 2.75) is 104 Å². The second-order valence-corrected chi connectivity index (χ2v) is 12.8. The van der Waals surface area contributed by atoms with Crippen LogP contribution in [0.3, 0.4) is 0 Å². The molecule has 5 rings (SSSR count). The number of hydrogen-bond acceptors (Lipinski definition) is 6. The molecule has 2 saturated carbocycles. The second-order valence-electron chi connectivity index (χ2n) is 12.8. The largest absolute Gasteiger partial charge is 0.507 e. The van der Waals surface area contributed by atoms with E-state index in [9.17, 15) is 14.7 Å². The van der Waals surface area contributed by atoms with Gasteiger partial charge >= 0.3 is 11.9 Å². The van der Waals surface area contributed by atoms with Crippen LogP contribution in [0.15, 0.2) is 12.1 Å². The maximum absolute atomic E-state index is 12.7. The van der Waals surface area contributed by atoms with Crippen LogP contribution in [0, 0.1) is 35.5 Å². The van der Waals surface area contributed by atoms with Gasteiger partial charge in [-0.05, 0) is 105 Å². The highest BCUT2D eigenvalue weighted by Crippen LogP contribution is 2.70. The van der Waals surface area contributed by atoms with Gasteiger partial charge in [-0.3, -0.25) is 4.79 Å². The minimum absolute atomic E-state index is 0.00231. The number of benzene rings is 1. The Kier molecular flexibility index (Phi) is 5.42. The number of cyclic esters (lactones) is 1. The fourth-order valence-corrected chi connectivity index (χ4v) is 8.68. The van der Waals surface area contributed by atoms with Crippen molar-refractivity contribution in [1.29, 1.82) is 0 Å². The van der Waals surface area contributed by atoms with Gasteiger partial charge in [0.2, 0.25) is 0 Å². The van der Waals surface area contributed by atoms with Gasteiger partial charge in [-0.1, -0.05) is 20.8 Å². The Bertz CT molecular complexity index is 1080. The van der Waals surface area contributed by atoms with Crippen molar-refractivity contribution in [3.63, 3.8) is 0 Å². The van der Waals surface area contributed by atoms with Gasteiger partial charge in [0.25, 0.3) is 0 Å². The van der Waals surface area contributed by atoms with E-state index < -0.39 is 17.3 Å². The smallest absolute Gasteiger partial charge is 0.335 e. The summed E-state index contributed by atoms with van der Waals surface area (Å²) in [5.41, 5.74) is 0.387. The lowest BCUT2D eigenvalue weighted by atomic mass is 9.41. The highest BCUT2D eigenvalue weighted by Gasteiger charge is 2.73. The van der Waals surface area contributed by atoms with Crippen LogP contribution in [-0.2, 0) is 25.5 Å². The number of carbonyl (C=O) groups excluding carboxylic acids is 2. The summed E-state index contributed by atoms with van der Waals surface area (Å²) in [7, 11) is 0. The van der Waals surface area contributed by atoms with Gasteiger partial charge in [0, 0.05) is 12.8 Å². The summed E-state index contributed by atoms with van der Waals surface area (Å²) in [5, 5.41) is 11.0. The Balaban J connectivity index is 1.54. The highest BCUT2D eigenvalue weighted by atomic mass is 16.6. The van der Waals surface area contributed by atoms with E-state index in [0.29, 0.717) is 29.6 Å². The summed E-state index contributed by atoms with van der Waals surface area (Å²) in [6, 6.07) is 3.55. The van der Waals surface area contributed by atoms with Crippen LogP contribution < -0.4 is 4.74 Å². The standard InChI is InChI=1S/C29H40O6/c1-16-12-20(33-18(3)30)13-19(24(16)31)15-28(7)17(2)8-10-27(6)22(28)9-11-29-23(27)14-21(34-29)25(32)35-26(29,4)5/h12-13,17,21-23,31H,8-11,14-15H2,1-7H3/t17-,21-,22-,23?,27+,28-,29+/m0/s1. The van der Waals surface area contributed by atoms with E-state index in [0.717, 1.165) is 37.7 Å². The number of rotatable bonds is 3. The van der Waals surface area contributed by atoms with E-state index >= 15 is 0 Å². The van der Waals surface area contributed by atoms with Crippen molar-refractivity contribution >= 4 is 11.9 Å². The summed E-state index contributed by atoms with van der Waals surface area (Å²) in [6.45, 7) is 14.4. The lowest BCUT2D eigenvalue weighted by Crippen LogP contribution is -2.67. The van der Waals surface area contributed by atoms with E-state index in [1.165, 1.54) is 6.92 Å². The summed E-state index contributed by atoms with van der Waals surface area (Å²) in [4.78, 5) is 24.3. The number of fused-ring (bicyclic) bond motifs is 3. The average Bonchev–Trinajstić information content (AvgIpc) is 3.14. The van der Waals surface area contributed by atoms with Crippen LogP contribution >= 0.6 is 0 Å². The van der Waals surface area contributed by atoms with E-state index in [-0.39, 0.29) is 34.4 Å². The molecule has 6 nitrogen and oxygen atoms in total. The minimum Gasteiger partial charge on any atom is -0.507 e. The van der Waals surface area contributed by atoms with Gasteiger partial charge in [-0.25, -0.2) is 4.79 Å². The number of phenolic OH excluding ortho intramolecular Hbond substituents is 1. The second kappa shape index (κ2) is 7.71. The molecule has 2 bridgehead atoms. The molecule has 0 amide bonds. The Morgan fingerprint density at radius 1 is 1.14 bits per heavy atom. The number of ether oxygens (including phenoxy) is 3. The highest BCUT2D eigenvalue weighted by molar-refractivity contribution is 5.77. The zero-order chi connectivity index (χ0) is 25.6. The normalized spacial score (nSPS) is 41.5. The van der Waals surface area contributed by atoms with Crippen LogP contribution in [0.2, 0.25) is 0 Å². The predicted molar refractivity (Wildman–Crippen MR) is 131 cm³/mol.